The number of phenols is 2. The second-order valence-electron chi connectivity index (χ2n) is 4.50. The number of aryl methyl sites for hydroxylation is 1. The molecule has 2 N–H and O–H groups in total. The molecule has 2 heteroatoms. The average Bonchev–Trinajstić information content (AvgIpc) is 2.26. The minimum Gasteiger partial charge on any atom is -0.504 e. The van der Waals surface area contributed by atoms with Crippen LogP contribution >= 0.6 is 0 Å². The van der Waals surface area contributed by atoms with Crippen LogP contribution in [0.4, 0.5) is 0 Å². The van der Waals surface area contributed by atoms with Crippen molar-refractivity contribution >= 4 is 0 Å². The van der Waals surface area contributed by atoms with Crippen molar-refractivity contribution in [2.75, 3.05) is 0 Å². The molecule has 0 bridgehead atoms. The van der Waals surface area contributed by atoms with Gasteiger partial charge in [-0.1, -0.05) is 25.3 Å². The van der Waals surface area contributed by atoms with E-state index in [1.54, 1.807) is 6.07 Å². The number of phenolic OH excluding ortho intramolecular Hbond substituents is 2. The van der Waals surface area contributed by atoms with E-state index >= 15 is 0 Å². The first kappa shape index (κ1) is 10.3. The third-order valence-electron chi connectivity index (χ3n) is 3.43. The summed E-state index contributed by atoms with van der Waals surface area (Å²) >= 11 is 0. The van der Waals surface area contributed by atoms with E-state index in [1.165, 1.54) is 19.3 Å². The molecule has 1 aliphatic rings. The summed E-state index contributed by atoms with van der Waals surface area (Å²) in [4.78, 5) is 0. The summed E-state index contributed by atoms with van der Waals surface area (Å²) in [5.74, 6) is 0.550. The first-order valence-electron chi connectivity index (χ1n) is 5.71. The molecule has 15 heavy (non-hydrogen) atoms. The van der Waals surface area contributed by atoms with Crippen molar-refractivity contribution in [2.24, 2.45) is 0 Å². The third-order valence-corrected chi connectivity index (χ3v) is 3.43. The molecule has 0 aliphatic heterocycles. The van der Waals surface area contributed by atoms with Gasteiger partial charge in [0.1, 0.15) is 0 Å². The van der Waals surface area contributed by atoms with Crippen LogP contribution in [0.25, 0.3) is 0 Å². The quantitative estimate of drug-likeness (QED) is 0.691. The fraction of sp³-hybridized carbons (Fsp3) is 0.538. The molecule has 2 rings (SSSR count). The van der Waals surface area contributed by atoms with Crippen LogP contribution in [0.5, 0.6) is 11.5 Å². The normalized spacial score (nSPS) is 17.9. The summed E-state index contributed by atoms with van der Waals surface area (Å²) in [7, 11) is 0. The van der Waals surface area contributed by atoms with E-state index in [2.05, 4.69) is 0 Å². The van der Waals surface area contributed by atoms with Crippen molar-refractivity contribution in [2.45, 2.75) is 44.9 Å². The van der Waals surface area contributed by atoms with E-state index in [-0.39, 0.29) is 11.5 Å². The fourth-order valence-corrected chi connectivity index (χ4v) is 2.60. The van der Waals surface area contributed by atoms with Crippen LogP contribution in [0.2, 0.25) is 0 Å². The smallest absolute Gasteiger partial charge is 0.161 e. The van der Waals surface area contributed by atoms with Crippen LogP contribution < -0.4 is 0 Å². The van der Waals surface area contributed by atoms with Crippen molar-refractivity contribution in [3.63, 3.8) is 0 Å². The topological polar surface area (TPSA) is 40.5 Å². The Labute approximate surface area is 90.6 Å². The van der Waals surface area contributed by atoms with Crippen molar-refractivity contribution in [3.05, 3.63) is 23.3 Å². The average molecular weight is 206 g/mol. The van der Waals surface area contributed by atoms with Gasteiger partial charge in [-0.25, -0.2) is 0 Å². The summed E-state index contributed by atoms with van der Waals surface area (Å²) in [5, 5.41) is 19.4. The summed E-state index contributed by atoms with van der Waals surface area (Å²) < 4.78 is 0. The molecule has 0 spiro atoms. The Bertz CT molecular complexity index is 352. The maximum absolute atomic E-state index is 9.88. The van der Waals surface area contributed by atoms with E-state index in [9.17, 15) is 10.2 Å². The van der Waals surface area contributed by atoms with E-state index in [4.69, 9.17) is 0 Å². The predicted octanol–water partition coefficient (Wildman–Crippen LogP) is 3.45. The summed E-state index contributed by atoms with van der Waals surface area (Å²) in [6, 6.07) is 3.45. The lowest BCUT2D eigenvalue weighted by molar-refractivity contribution is 0.380. The molecule has 0 unspecified atom stereocenters. The highest BCUT2D eigenvalue weighted by Crippen LogP contribution is 2.42. The predicted molar refractivity (Wildman–Crippen MR) is 60.3 cm³/mol. The molecule has 1 aliphatic carbocycles. The Balaban J connectivity index is 2.36. The number of hydrogen-bond acceptors (Lipinski definition) is 2. The molecular formula is C13H18O2. The van der Waals surface area contributed by atoms with Gasteiger partial charge in [0.05, 0.1) is 0 Å². The van der Waals surface area contributed by atoms with Crippen LogP contribution in [0, 0.1) is 6.92 Å². The first-order chi connectivity index (χ1) is 7.20. The van der Waals surface area contributed by atoms with Crippen molar-refractivity contribution in [1.29, 1.82) is 0 Å². The highest BCUT2D eigenvalue weighted by molar-refractivity contribution is 5.50. The number of hydrogen-bond donors (Lipinski definition) is 2. The molecular weight excluding hydrogens is 188 g/mol. The molecule has 1 saturated carbocycles. The van der Waals surface area contributed by atoms with Gasteiger partial charge in [-0.15, -0.1) is 0 Å². The lowest BCUT2D eigenvalue weighted by Gasteiger charge is -2.24. The molecule has 0 aromatic heterocycles. The molecule has 0 heterocycles. The Morgan fingerprint density at radius 2 is 1.73 bits per heavy atom. The molecule has 1 aromatic carbocycles. The first-order valence-corrected chi connectivity index (χ1v) is 5.71. The van der Waals surface area contributed by atoms with E-state index in [0.717, 1.165) is 24.0 Å². The summed E-state index contributed by atoms with van der Waals surface area (Å²) in [6.45, 7) is 2.00. The van der Waals surface area contributed by atoms with E-state index < -0.39 is 0 Å². The highest BCUT2D eigenvalue weighted by Gasteiger charge is 2.21. The van der Waals surface area contributed by atoms with Gasteiger partial charge in [0.15, 0.2) is 11.5 Å². The van der Waals surface area contributed by atoms with Gasteiger partial charge in [-0.2, -0.15) is 0 Å². The zero-order valence-electron chi connectivity index (χ0n) is 9.16. The number of aromatic hydroxyl groups is 2. The zero-order valence-corrected chi connectivity index (χ0v) is 9.16. The minimum atomic E-state index is 0.0150. The highest BCUT2D eigenvalue weighted by atomic mass is 16.3. The van der Waals surface area contributed by atoms with Gasteiger partial charge < -0.3 is 10.2 Å². The van der Waals surface area contributed by atoms with Gasteiger partial charge in [0, 0.05) is 5.56 Å². The van der Waals surface area contributed by atoms with E-state index in [0.29, 0.717) is 5.92 Å². The second kappa shape index (κ2) is 4.13. The van der Waals surface area contributed by atoms with Crippen molar-refractivity contribution in [3.8, 4) is 11.5 Å². The molecule has 82 valence electrons. The van der Waals surface area contributed by atoms with Crippen LogP contribution in [-0.2, 0) is 0 Å². The molecule has 0 saturated heterocycles. The van der Waals surface area contributed by atoms with Crippen LogP contribution in [0.3, 0.4) is 0 Å². The molecule has 0 amide bonds. The SMILES string of the molecule is Cc1ccc(O)c(O)c1C1CCCCC1. The maximum atomic E-state index is 9.88. The second-order valence-corrected chi connectivity index (χ2v) is 4.50. The summed E-state index contributed by atoms with van der Waals surface area (Å²) in [6.07, 6.45) is 6.04. The van der Waals surface area contributed by atoms with Crippen LogP contribution in [0.1, 0.15) is 49.1 Å². The third kappa shape index (κ3) is 1.94. The number of rotatable bonds is 1. The maximum Gasteiger partial charge on any atom is 0.161 e. The lowest BCUT2D eigenvalue weighted by Crippen LogP contribution is -2.06. The van der Waals surface area contributed by atoms with Crippen molar-refractivity contribution < 1.29 is 10.2 Å². The van der Waals surface area contributed by atoms with Gasteiger partial charge in [-0.05, 0) is 37.3 Å². The molecule has 2 nitrogen and oxygen atoms in total. The van der Waals surface area contributed by atoms with Crippen LogP contribution in [0.15, 0.2) is 12.1 Å². The Morgan fingerprint density at radius 1 is 1.07 bits per heavy atom. The standard InChI is InChI=1S/C13H18O2/c1-9-7-8-11(14)13(15)12(9)10-5-3-2-4-6-10/h7-8,10,14-15H,2-6H2,1H3. The summed E-state index contributed by atoms with van der Waals surface area (Å²) in [5.41, 5.74) is 2.06. The Kier molecular flexibility index (Phi) is 2.85. The van der Waals surface area contributed by atoms with E-state index in [1.807, 2.05) is 13.0 Å². The van der Waals surface area contributed by atoms with Gasteiger partial charge in [0.2, 0.25) is 0 Å². The fourth-order valence-electron chi connectivity index (χ4n) is 2.60. The minimum absolute atomic E-state index is 0.0150. The Morgan fingerprint density at radius 3 is 2.40 bits per heavy atom. The monoisotopic (exact) mass is 206 g/mol. The molecule has 0 atom stereocenters. The largest absolute Gasteiger partial charge is 0.504 e. The zero-order chi connectivity index (χ0) is 10.8. The molecule has 0 radical (unpaired) electrons. The van der Waals surface area contributed by atoms with Crippen molar-refractivity contribution in [1.82, 2.24) is 0 Å². The molecule has 1 fully saturated rings. The van der Waals surface area contributed by atoms with Gasteiger partial charge in [-0.3, -0.25) is 0 Å². The van der Waals surface area contributed by atoms with Gasteiger partial charge in [0.25, 0.3) is 0 Å². The molecule has 1 aromatic rings. The Hall–Kier alpha value is -1.18. The van der Waals surface area contributed by atoms with Gasteiger partial charge >= 0.3 is 0 Å². The lowest BCUT2D eigenvalue weighted by atomic mass is 9.82. The number of benzene rings is 1. The van der Waals surface area contributed by atoms with Crippen LogP contribution in [-0.4, -0.2) is 10.2 Å².